The van der Waals surface area contributed by atoms with Gasteiger partial charge in [-0.05, 0) is 25.7 Å². The lowest BCUT2D eigenvalue weighted by atomic mass is 9.78. The Hall–Kier alpha value is -0.830. The zero-order chi connectivity index (χ0) is 8.67. The Morgan fingerprint density at radius 3 is 3.31 bits per heavy atom. The first-order valence-electron chi connectivity index (χ1n) is 5.21. The molecule has 1 aliphatic carbocycles. The second-order valence-electron chi connectivity index (χ2n) is 4.12. The van der Waals surface area contributed by atoms with E-state index in [0.29, 0.717) is 6.04 Å². The summed E-state index contributed by atoms with van der Waals surface area (Å²) in [6, 6.07) is 0.535. The summed E-state index contributed by atoms with van der Waals surface area (Å²) in [5, 5.41) is 0. The van der Waals surface area contributed by atoms with Crippen molar-refractivity contribution in [1.29, 1.82) is 0 Å². The maximum absolute atomic E-state index is 4.66. The van der Waals surface area contributed by atoms with E-state index in [1.807, 2.05) is 0 Å². The zero-order valence-electron chi connectivity index (χ0n) is 7.71. The first kappa shape index (κ1) is 7.56. The Kier molecular flexibility index (Phi) is 1.65. The fraction of sp³-hybridized carbons (Fsp3) is 0.700. The molecule has 0 aromatic rings. The number of hydrogen-bond acceptors (Lipinski definition) is 3. The molecule has 3 nitrogen and oxygen atoms in total. The van der Waals surface area contributed by atoms with Crippen LogP contribution in [-0.2, 0) is 0 Å². The molecule has 0 aromatic heterocycles. The van der Waals surface area contributed by atoms with Crippen LogP contribution in [0.4, 0.5) is 0 Å². The van der Waals surface area contributed by atoms with Gasteiger partial charge in [-0.2, -0.15) is 0 Å². The standard InChI is InChI=1S/C10H15N3/c1-2-7-3-4-9-8(6-12-13-9)10(7)11-5-1/h6-7,9,12-13H,1-5H2. The number of hydrazine groups is 1. The van der Waals surface area contributed by atoms with Crippen molar-refractivity contribution >= 4 is 5.71 Å². The molecule has 2 heterocycles. The molecule has 0 bridgehead atoms. The van der Waals surface area contributed by atoms with Crippen LogP contribution < -0.4 is 10.9 Å². The number of fused-ring (bicyclic) bond motifs is 3. The van der Waals surface area contributed by atoms with E-state index in [2.05, 4.69) is 22.0 Å². The summed E-state index contributed by atoms with van der Waals surface area (Å²) in [5.74, 6) is 0.762. The van der Waals surface area contributed by atoms with Crippen LogP contribution in [0.2, 0.25) is 0 Å². The van der Waals surface area contributed by atoms with E-state index in [9.17, 15) is 0 Å². The molecular weight excluding hydrogens is 162 g/mol. The summed E-state index contributed by atoms with van der Waals surface area (Å²) in [5.41, 5.74) is 9.19. The van der Waals surface area contributed by atoms with E-state index in [0.717, 1.165) is 12.5 Å². The van der Waals surface area contributed by atoms with Crippen molar-refractivity contribution in [3.63, 3.8) is 0 Å². The van der Waals surface area contributed by atoms with Crippen LogP contribution in [0.15, 0.2) is 16.8 Å². The Balaban J connectivity index is 1.95. The summed E-state index contributed by atoms with van der Waals surface area (Å²) in [4.78, 5) is 4.66. The fourth-order valence-corrected chi connectivity index (χ4v) is 2.66. The topological polar surface area (TPSA) is 36.4 Å². The van der Waals surface area contributed by atoms with E-state index >= 15 is 0 Å². The van der Waals surface area contributed by atoms with Gasteiger partial charge in [0, 0.05) is 29.9 Å². The maximum atomic E-state index is 4.66. The molecule has 0 amide bonds. The van der Waals surface area contributed by atoms with E-state index in [-0.39, 0.29) is 0 Å². The van der Waals surface area contributed by atoms with Gasteiger partial charge in [0.15, 0.2) is 0 Å². The molecule has 0 radical (unpaired) electrons. The second-order valence-corrected chi connectivity index (χ2v) is 4.12. The van der Waals surface area contributed by atoms with Gasteiger partial charge in [-0.1, -0.05) is 0 Å². The maximum Gasteiger partial charge on any atom is 0.0542 e. The summed E-state index contributed by atoms with van der Waals surface area (Å²) >= 11 is 0. The number of aliphatic imine (C=N–C) groups is 1. The average Bonchev–Trinajstić information content (AvgIpc) is 2.65. The molecule has 2 unspecified atom stereocenters. The van der Waals surface area contributed by atoms with Gasteiger partial charge < -0.3 is 5.43 Å². The van der Waals surface area contributed by atoms with Gasteiger partial charge >= 0.3 is 0 Å². The van der Waals surface area contributed by atoms with Crippen LogP contribution in [0.25, 0.3) is 0 Å². The van der Waals surface area contributed by atoms with Crippen molar-refractivity contribution < 1.29 is 0 Å². The molecule has 1 saturated carbocycles. The van der Waals surface area contributed by atoms with Crippen molar-refractivity contribution in [1.82, 2.24) is 10.9 Å². The minimum absolute atomic E-state index is 0.535. The number of nitrogens with one attached hydrogen (secondary N) is 2. The van der Waals surface area contributed by atoms with Gasteiger partial charge in [0.05, 0.1) is 6.04 Å². The lowest BCUT2D eigenvalue weighted by Crippen LogP contribution is -2.39. The molecule has 3 rings (SSSR count). The van der Waals surface area contributed by atoms with E-state index < -0.39 is 0 Å². The molecule has 2 N–H and O–H groups in total. The Labute approximate surface area is 78.3 Å². The molecular formula is C10H15N3. The smallest absolute Gasteiger partial charge is 0.0542 e. The van der Waals surface area contributed by atoms with Crippen LogP contribution in [0.5, 0.6) is 0 Å². The molecule has 13 heavy (non-hydrogen) atoms. The van der Waals surface area contributed by atoms with Crippen molar-refractivity contribution in [3.8, 4) is 0 Å². The van der Waals surface area contributed by atoms with Gasteiger partial charge in [-0.25, -0.2) is 5.43 Å². The monoisotopic (exact) mass is 177 g/mol. The molecule has 3 aliphatic rings. The molecule has 2 atom stereocenters. The predicted octanol–water partition coefficient (Wildman–Crippen LogP) is 0.991. The highest BCUT2D eigenvalue weighted by Crippen LogP contribution is 2.32. The third-order valence-corrected chi connectivity index (χ3v) is 3.34. The van der Waals surface area contributed by atoms with Crippen LogP contribution in [0.1, 0.15) is 25.7 Å². The molecule has 70 valence electrons. The van der Waals surface area contributed by atoms with Gasteiger partial charge in [0.2, 0.25) is 0 Å². The first-order valence-corrected chi connectivity index (χ1v) is 5.21. The number of nitrogens with zero attached hydrogens (tertiary/aromatic N) is 1. The van der Waals surface area contributed by atoms with Crippen LogP contribution >= 0.6 is 0 Å². The van der Waals surface area contributed by atoms with Gasteiger partial charge in [-0.15, -0.1) is 0 Å². The molecule has 0 saturated heterocycles. The Morgan fingerprint density at radius 2 is 2.31 bits per heavy atom. The lowest BCUT2D eigenvalue weighted by Gasteiger charge is -2.31. The summed E-state index contributed by atoms with van der Waals surface area (Å²) in [6.45, 7) is 1.04. The summed E-state index contributed by atoms with van der Waals surface area (Å²) in [7, 11) is 0. The predicted molar refractivity (Wildman–Crippen MR) is 52.4 cm³/mol. The minimum atomic E-state index is 0.535. The molecule has 0 spiro atoms. The van der Waals surface area contributed by atoms with E-state index in [1.54, 1.807) is 0 Å². The third-order valence-electron chi connectivity index (χ3n) is 3.34. The quantitative estimate of drug-likeness (QED) is 0.579. The summed E-state index contributed by atoms with van der Waals surface area (Å²) < 4.78 is 0. The number of rotatable bonds is 0. The third kappa shape index (κ3) is 1.10. The molecule has 0 aromatic carbocycles. The van der Waals surface area contributed by atoms with Crippen LogP contribution in [0.3, 0.4) is 0 Å². The second kappa shape index (κ2) is 2.84. The van der Waals surface area contributed by atoms with E-state index in [1.165, 1.54) is 37.0 Å². The molecule has 1 fully saturated rings. The highest BCUT2D eigenvalue weighted by atomic mass is 15.4. The summed E-state index contributed by atoms with van der Waals surface area (Å²) in [6.07, 6.45) is 7.31. The Morgan fingerprint density at radius 1 is 1.31 bits per heavy atom. The van der Waals surface area contributed by atoms with Crippen molar-refractivity contribution in [3.05, 3.63) is 11.8 Å². The first-order chi connectivity index (χ1) is 6.45. The highest BCUT2D eigenvalue weighted by Gasteiger charge is 2.34. The largest absolute Gasteiger partial charge is 0.328 e. The Bertz CT molecular complexity index is 280. The normalized spacial score (nSPS) is 36.9. The van der Waals surface area contributed by atoms with Crippen LogP contribution in [-0.4, -0.2) is 18.3 Å². The fourth-order valence-electron chi connectivity index (χ4n) is 2.66. The van der Waals surface area contributed by atoms with Crippen LogP contribution in [0, 0.1) is 5.92 Å². The van der Waals surface area contributed by atoms with E-state index in [4.69, 9.17) is 0 Å². The van der Waals surface area contributed by atoms with Crippen molar-refractivity contribution in [2.45, 2.75) is 31.7 Å². The minimum Gasteiger partial charge on any atom is -0.328 e. The average molecular weight is 177 g/mol. The van der Waals surface area contributed by atoms with Gasteiger partial charge in [0.25, 0.3) is 0 Å². The van der Waals surface area contributed by atoms with Gasteiger partial charge in [-0.3, -0.25) is 4.99 Å². The molecule has 3 heteroatoms. The highest BCUT2D eigenvalue weighted by molar-refractivity contribution is 6.04. The zero-order valence-corrected chi connectivity index (χ0v) is 7.71. The van der Waals surface area contributed by atoms with Crippen molar-refractivity contribution in [2.24, 2.45) is 10.9 Å². The van der Waals surface area contributed by atoms with Gasteiger partial charge in [0.1, 0.15) is 0 Å². The number of hydrogen-bond donors (Lipinski definition) is 2. The lowest BCUT2D eigenvalue weighted by molar-refractivity contribution is 0.435. The van der Waals surface area contributed by atoms with Crippen molar-refractivity contribution in [2.75, 3.05) is 6.54 Å². The molecule has 2 aliphatic heterocycles. The SMILES string of the molecule is C1=C2C3=NCCCC3CCC2NN1.